The number of nitrogens with zero attached hydrogens (tertiary/aromatic N) is 3. The molecule has 0 atom stereocenters. The van der Waals surface area contributed by atoms with E-state index in [0.717, 1.165) is 11.6 Å². The highest BCUT2D eigenvalue weighted by Crippen LogP contribution is 2.29. The molecule has 8 nitrogen and oxygen atoms in total. The lowest BCUT2D eigenvalue weighted by molar-refractivity contribution is -0.393. The molecule has 2 aromatic carbocycles. The minimum Gasteiger partial charge on any atom is -0.271 e. The van der Waals surface area contributed by atoms with Crippen LogP contribution in [0.4, 0.5) is 17.1 Å². The molecule has 2 aromatic rings. The fraction of sp³-hybridized carbons (Fsp3) is 0.133. The topological polar surface area (TPSA) is 111 Å². The standard InChI is InChI=1S/C15H13ClN4O4/c1-2-13(10-3-5-11(16)6-4-10)17-18-14-8-7-12(19(21)22)9-15(14)20(23)24/h3-9,18H,2H2,1H3/b17-13-. The minimum absolute atomic E-state index is 0.0745. The summed E-state index contributed by atoms with van der Waals surface area (Å²) in [5.74, 6) is 0. The zero-order chi connectivity index (χ0) is 17.7. The van der Waals surface area contributed by atoms with Crippen molar-refractivity contribution in [3.05, 3.63) is 73.3 Å². The molecule has 124 valence electrons. The van der Waals surface area contributed by atoms with Crippen molar-refractivity contribution in [2.24, 2.45) is 5.10 Å². The second-order valence-corrected chi connectivity index (χ2v) is 5.18. The highest BCUT2D eigenvalue weighted by atomic mass is 35.5. The number of nitro groups is 2. The first-order valence-electron chi connectivity index (χ1n) is 6.93. The van der Waals surface area contributed by atoms with E-state index < -0.39 is 15.5 Å². The first-order chi connectivity index (χ1) is 11.4. The number of non-ortho nitro benzene ring substituents is 1. The van der Waals surface area contributed by atoms with E-state index in [1.807, 2.05) is 6.92 Å². The summed E-state index contributed by atoms with van der Waals surface area (Å²) < 4.78 is 0. The van der Waals surface area contributed by atoms with Gasteiger partial charge >= 0.3 is 5.69 Å². The molecule has 0 aliphatic rings. The number of halogens is 1. The second kappa shape index (κ2) is 7.51. The molecule has 9 heteroatoms. The number of hydrazone groups is 1. The van der Waals surface area contributed by atoms with Gasteiger partial charge in [-0.3, -0.25) is 25.7 Å². The lowest BCUT2D eigenvalue weighted by Gasteiger charge is -2.07. The van der Waals surface area contributed by atoms with Crippen LogP contribution >= 0.6 is 11.6 Å². The Morgan fingerprint density at radius 1 is 1.12 bits per heavy atom. The van der Waals surface area contributed by atoms with E-state index in [1.165, 1.54) is 12.1 Å². The Morgan fingerprint density at radius 3 is 2.33 bits per heavy atom. The summed E-state index contributed by atoms with van der Waals surface area (Å²) in [5.41, 5.74) is 3.40. The molecule has 0 saturated heterocycles. The molecule has 0 radical (unpaired) electrons. The Labute approximate surface area is 142 Å². The van der Waals surface area contributed by atoms with Gasteiger partial charge < -0.3 is 0 Å². The normalized spacial score (nSPS) is 11.2. The van der Waals surface area contributed by atoms with Crippen molar-refractivity contribution in [2.45, 2.75) is 13.3 Å². The smallest absolute Gasteiger partial charge is 0.271 e. The van der Waals surface area contributed by atoms with Crippen LogP contribution in [-0.4, -0.2) is 15.6 Å². The lowest BCUT2D eigenvalue weighted by atomic mass is 10.1. The third-order valence-corrected chi connectivity index (χ3v) is 3.46. The van der Waals surface area contributed by atoms with Crippen LogP contribution in [-0.2, 0) is 0 Å². The number of hydrogen-bond donors (Lipinski definition) is 1. The zero-order valence-electron chi connectivity index (χ0n) is 12.6. The molecule has 1 N–H and O–H groups in total. The van der Waals surface area contributed by atoms with Gasteiger partial charge in [-0.1, -0.05) is 30.7 Å². The average molecular weight is 349 g/mol. The summed E-state index contributed by atoms with van der Waals surface area (Å²) in [4.78, 5) is 20.4. The van der Waals surface area contributed by atoms with Crippen LogP contribution in [0.25, 0.3) is 0 Å². The summed E-state index contributed by atoms with van der Waals surface area (Å²) in [5, 5.41) is 26.6. The first-order valence-corrected chi connectivity index (χ1v) is 7.31. The van der Waals surface area contributed by atoms with Gasteiger partial charge in [0, 0.05) is 11.1 Å². The van der Waals surface area contributed by atoms with Crippen LogP contribution in [0.15, 0.2) is 47.6 Å². The number of nitro benzene ring substituents is 2. The fourth-order valence-electron chi connectivity index (χ4n) is 2.00. The van der Waals surface area contributed by atoms with Crippen molar-refractivity contribution in [1.82, 2.24) is 0 Å². The molecule has 0 unspecified atom stereocenters. The van der Waals surface area contributed by atoms with Gasteiger partial charge in [0.25, 0.3) is 5.69 Å². The van der Waals surface area contributed by atoms with Gasteiger partial charge in [-0.05, 0) is 30.2 Å². The maximum absolute atomic E-state index is 11.1. The van der Waals surface area contributed by atoms with Crippen LogP contribution in [0.3, 0.4) is 0 Å². The Morgan fingerprint density at radius 2 is 1.79 bits per heavy atom. The van der Waals surface area contributed by atoms with Crippen LogP contribution in [0.1, 0.15) is 18.9 Å². The van der Waals surface area contributed by atoms with Gasteiger partial charge in [-0.25, -0.2) is 0 Å². The van der Waals surface area contributed by atoms with Gasteiger partial charge in [0.2, 0.25) is 0 Å². The SMILES string of the molecule is CC/C(=N/Nc1ccc([N+](=O)[O-])cc1[N+](=O)[O-])c1ccc(Cl)cc1. The fourth-order valence-corrected chi connectivity index (χ4v) is 2.12. The number of benzene rings is 2. The molecule has 0 heterocycles. The molecule has 2 rings (SSSR count). The number of hydrogen-bond acceptors (Lipinski definition) is 6. The largest absolute Gasteiger partial charge is 0.301 e. The van der Waals surface area contributed by atoms with Crippen molar-refractivity contribution in [3.63, 3.8) is 0 Å². The second-order valence-electron chi connectivity index (χ2n) is 4.75. The average Bonchev–Trinajstić information content (AvgIpc) is 2.56. The summed E-state index contributed by atoms with van der Waals surface area (Å²) in [6.45, 7) is 1.89. The van der Waals surface area contributed by atoms with E-state index in [4.69, 9.17) is 11.6 Å². The van der Waals surface area contributed by atoms with E-state index in [9.17, 15) is 20.2 Å². The summed E-state index contributed by atoms with van der Waals surface area (Å²) >= 11 is 5.84. The number of rotatable bonds is 6. The summed E-state index contributed by atoms with van der Waals surface area (Å²) in [6.07, 6.45) is 0.579. The number of nitrogens with one attached hydrogen (secondary N) is 1. The molecule has 0 spiro atoms. The van der Waals surface area contributed by atoms with Gasteiger partial charge in [-0.15, -0.1) is 0 Å². The summed E-state index contributed by atoms with van der Waals surface area (Å²) in [7, 11) is 0. The summed E-state index contributed by atoms with van der Waals surface area (Å²) in [6, 6.07) is 10.3. The zero-order valence-corrected chi connectivity index (χ0v) is 13.4. The number of anilines is 1. The van der Waals surface area contributed by atoms with Crippen molar-refractivity contribution in [3.8, 4) is 0 Å². The lowest BCUT2D eigenvalue weighted by Crippen LogP contribution is -2.04. The van der Waals surface area contributed by atoms with Crippen LogP contribution in [0.2, 0.25) is 5.02 Å². The van der Waals surface area contributed by atoms with Gasteiger partial charge in [0.1, 0.15) is 5.69 Å². The molecule has 0 bridgehead atoms. The Kier molecular flexibility index (Phi) is 5.43. The molecule has 0 saturated carbocycles. The molecule has 0 aliphatic heterocycles. The van der Waals surface area contributed by atoms with Gasteiger partial charge in [0.05, 0.1) is 21.6 Å². The Balaban J connectivity index is 2.33. The molecule has 24 heavy (non-hydrogen) atoms. The quantitative estimate of drug-likeness (QED) is 0.473. The van der Waals surface area contributed by atoms with E-state index in [0.29, 0.717) is 17.2 Å². The van der Waals surface area contributed by atoms with Gasteiger partial charge in [-0.2, -0.15) is 5.10 Å². The predicted octanol–water partition coefficient (Wildman–Crippen LogP) is 4.38. The Hall–Kier alpha value is -3.00. The van der Waals surface area contributed by atoms with E-state index in [-0.39, 0.29) is 11.4 Å². The van der Waals surface area contributed by atoms with E-state index in [1.54, 1.807) is 24.3 Å². The van der Waals surface area contributed by atoms with Crippen molar-refractivity contribution in [2.75, 3.05) is 5.43 Å². The molecule has 0 fully saturated rings. The van der Waals surface area contributed by atoms with Crippen LogP contribution in [0, 0.1) is 20.2 Å². The monoisotopic (exact) mass is 348 g/mol. The molecular formula is C15H13ClN4O4. The molecule has 0 aromatic heterocycles. The Bertz CT molecular complexity index is 806. The molecule has 0 amide bonds. The van der Waals surface area contributed by atoms with Crippen molar-refractivity contribution >= 4 is 34.4 Å². The third-order valence-electron chi connectivity index (χ3n) is 3.21. The maximum Gasteiger partial charge on any atom is 0.301 e. The van der Waals surface area contributed by atoms with Crippen LogP contribution < -0.4 is 5.43 Å². The van der Waals surface area contributed by atoms with E-state index in [2.05, 4.69) is 10.5 Å². The maximum atomic E-state index is 11.1. The molecular weight excluding hydrogens is 336 g/mol. The third kappa shape index (κ3) is 4.05. The van der Waals surface area contributed by atoms with Gasteiger partial charge in [0.15, 0.2) is 0 Å². The first kappa shape index (κ1) is 17.4. The predicted molar refractivity (Wildman–Crippen MR) is 91.7 cm³/mol. The molecule has 0 aliphatic carbocycles. The van der Waals surface area contributed by atoms with Crippen molar-refractivity contribution < 1.29 is 9.85 Å². The van der Waals surface area contributed by atoms with Crippen molar-refractivity contribution in [1.29, 1.82) is 0 Å². The highest BCUT2D eigenvalue weighted by Gasteiger charge is 2.19. The minimum atomic E-state index is -0.696. The van der Waals surface area contributed by atoms with Crippen LogP contribution in [0.5, 0.6) is 0 Å². The highest BCUT2D eigenvalue weighted by molar-refractivity contribution is 6.30. The van der Waals surface area contributed by atoms with E-state index >= 15 is 0 Å².